The molecule has 1 fully saturated rings. The SMILES string of the molecule is CCCC1NC(=O)CN(Cc2ccc(OC)c(Br)c2)C1=O. The van der Waals surface area contributed by atoms with Crippen LogP contribution < -0.4 is 10.1 Å². The summed E-state index contributed by atoms with van der Waals surface area (Å²) >= 11 is 3.43. The average Bonchev–Trinajstić information content (AvgIpc) is 2.44. The van der Waals surface area contributed by atoms with E-state index in [1.807, 2.05) is 25.1 Å². The number of ether oxygens (including phenoxy) is 1. The van der Waals surface area contributed by atoms with Gasteiger partial charge < -0.3 is 15.0 Å². The summed E-state index contributed by atoms with van der Waals surface area (Å²) in [6, 6.07) is 5.27. The Bertz CT molecular complexity index is 548. The van der Waals surface area contributed by atoms with Crippen molar-refractivity contribution in [2.75, 3.05) is 13.7 Å². The van der Waals surface area contributed by atoms with Crippen LogP contribution in [0.4, 0.5) is 0 Å². The van der Waals surface area contributed by atoms with Crippen molar-refractivity contribution >= 4 is 27.7 Å². The highest BCUT2D eigenvalue weighted by Gasteiger charge is 2.31. The van der Waals surface area contributed by atoms with Crippen molar-refractivity contribution in [2.45, 2.75) is 32.4 Å². The van der Waals surface area contributed by atoms with Crippen molar-refractivity contribution in [1.82, 2.24) is 10.2 Å². The van der Waals surface area contributed by atoms with Crippen LogP contribution in [0.2, 0.25) is 0 Å². The zero-order valence-corrected chi connectivity index (χ0v) is 13.8. The fraction of sp³-hybridized carbons (Fsp3) is 0.467. The number of methoxy groups -OCH3 is 1. The molecule has 21 heavy (non-hydrogen) atoms. The predicted molar refractivity (Wildman–Crippen MR) is 82.9 cm³/mol. The number of hydrogen-bond acceptors (Lipinski definition) is 3. The van der Waals surface area contributed by atoms with Crippen LogP contribution in [0.15, 0.2) is 22.7 Å². The Balaban J connectivity index is 2.12. The molecule has 1 aromatic rings. The van der Waals surface area contributed by atoms with E-state index >= 15 is 0 Å². The highest BCUT2D eigenvalue weighted by molar-refractivity contribution is 9.10. The van der Waals surface area contributed by atoms with Gasteiger partial charge in [0.1, 0.15) is 11.8 Å². The van der Waals surface area contributed by atoms with Gasteiger partial charge in [-0.15, -0.1) is 0 Å². The van der Waals surface area contributed by atoms with E-state index in [9.17, 15) is 9.59 Å². The number of halogens is 1. The van der Waals surface area contributed by atoms with E-state index in [0.717, 1.165) is 22.2 Å². The van der Waals surface area contributed by atoms with E-state index in [0.29, 0.717) is 13.0 Å². The van der Waals surface area contributed by atoms with Gasteiger partial charge in [0.2, 0.25) is 11.8 Å². The van der Waals surface area contributed by atoms with E-state index in [1.54, 1.807) is 12.0 Å². The van der Waals surface area contributed by atoms with E-state index in [4.69, 9.17) is 4.74 Å². The van der Waals surface area contributed by atoms with Crippen LogP contribution in [0.1, 0.15) is 25.3 Å². The number of rotatable bonds is 5. The molecule has 5 nitrogen and oxygen atoms in total. The van der Waals surface area contributed by atoms with Gasteiger partial charge in [-0.3, -0.25) is 9.59 Å². The minimum Gasteiger partial charge on any atom is -0.496 e. The summed E-state index contributed by atoms with van der Waals surface area (Å²) in [5.74, 6) is 0.634. The molecule has 1 N–H and O–H groups in total. The molecule has 0 saturated carbocycles. The van der Waals surface area contributed by atoms with Crippen molar-refractivity contribution in [3.63, 3.8) is 0 Å². The standard InChI is InChI=1S/C15H19BrN2O3/c1-3-4-12-15(20)18(9-14(19)17-12)8-10-5-6-13(21-2)11(16)7-10/h5-7,12H,3-4,8-9H2,1-2H3,(H,17,19). The van der Waals surface area contributed by atoms with Gasteiger partial charge in [0.25, 0.3) is 0 Å². The smallest absolute Gasteiger partial charge is 0.245 e. The van der Waals surface area contributed by atoms with Crippen LogP contribution >= 0.6 is 15.9 Å². The first-order chi connectivity index (χ1) is 10.0. The molecule has 1 atom stereocenters. The number of carbonyl (C=O) groups is 2. The summed E-state index contributed by atoms with van der Waals surface area (Å²) in [4.78, 5) is 25.7. The lowest BCUT2D eigenvalue weighted by Crippen LogP contribution is -2.57. The molecule has 0 spiro atoms. The van der Waals surface area contributed by atoms with Crippen molar-refractivity contribution in [2.24, 2.45) is 0 Å². The molecule has 0 aromatic heterocycles. The minimum atomic E-state index is -0.391. The summed E-state index contributed by atoms with van der Waals surface area (Å²) in [6.07, 6.45) is 1.53. The Morgan fingerprint density at radius 3 is 2.81 bits per heavy atom. The zero-order valence-electron chi connectivity index (χ0n) is 12.2. The molecule has 0 radical (unpaired) electrons. The summed E-state index contributed by atoms with van der Waals surface area (Å²) < 4.78 is 6.02. The Morgan fingerprint density at radius 1 is 1.43 bits per heavy atom. The number of carbonyl (C=O) groups excluding carboxylic acids is 2. The largest absolute Gasteiger partial charge is 0.496 e. The van der Waals surface area contributed by atoms with Gasteiger partial charge in [-0.25, -0.2) is 0 Å². The first-order valence-corrected chi connectivity index (χ1v) is 7.75. The van der Waals surface area contributed by atoms with Crippen LogP contribution in [-0.4, -0.2) is 36.4 Å². The first-order valence-electron chi connectivity index (χ1n) is 6.95. The maximum atomic E-state index is 12.3. The number of piperazine rings is 1. The number of benzene rings is 1. The zero-order chi connectivity index (χ0) is 15.4. The molecule has 0 aliphatic carbocycles. The Morgan fingerprint density at radius 2 is 2.19 bits per heavy atom. The highest BCUT2D eigenvalue weighted by atomic mass is 79.9. The maximum absolute atomic E-state index is 12.3. The van der Waals surface area contributed by atoms with Crippen LogP contribution in [0.3, 0.4) is 0 Å². The fourth-order valence-corrected chi connectivity index (χ4v) is 3.01. The molecular formula is C15H19BrN2O3. The molecule has 1 aromatic carbocycles. The average molecular weight is 355 g/mol. The van der Waals surface area contributed by atoms with Crippen molar-refractivity contribution in [3.8, 4) is 5.75 Å². The van der Waals surface area contributed by atoms with E-state index in [-0.39, 0.29) is 18.4 Å². The molecular weight excluding hydrogens is 336 g/mol. The summed E-state index contributed by atoms with van der Waals surface area (Å²) in [5.41, 5.74) is 0.959. The van der Waals surface area contributed by atoms with Crippen LogP contribution in [0.25, 0.3) is 0 Å². The molecule has 2 amide bonds. The Hall–Kier alpha value is -1.56. The number of nitrogens with zero attached hydrogens (tertiary/aromatic N) is 1. The molecule has 2 rings (SSSR count). The second-order valence-electron chi connectivity index (χ2n) is 5.07. The minimum absolute atomic E-state index is 0.0107. The predicted octanol–water partition coefficient (Wildman–Crippen LogP) is 2.08. The van der Waals surface area contributed by atoms with Gasteiger partial charge in [0.05, 0.1) is 18.1 Å². The molecule has 1 unspecified atom stereocenters. The number of nitrogens with one attached hydrogen (secondary N) is 1. The molecule has 1 saturated heterocycles. The normalized spacial score (nSPS) is 18.6. The van der Waals surface area contributed by atoms with Crippen LogP contribution in [-0.2, 0) is 16.1 Å². The Labute approximate surface area is 132 Å². The molecule has 0 bridgehead atoms. The number of hydrogen-bond donors (Lipinski definition) is 1. The van der Waals surface area contributed by atoms with Crippen molar-refractivity contribution in [3.05, 3.63) is 28.2 Å². The van der Waals surface area contributed by atoms with Gasteiger partial charge in [0.15, 0.2) is 0 Å². The topological polar surface area (TPSA) is 58.6 Å². The second kappa shape index (κ2) is 6.93. The maximum Gasteiger partial charge on any atom is 0.245 e. The molecule has 6 heteroatoms. The molecule has 1 aliphatic rings. The van der Waals surface area contributed by atoms with Gasteiger partial charge >= 0.3 is 0 Å². The van der Waals surface area contributed by atoms with Gasteiger partial charge in [-0.2, -0.15) is 0 Å². The van der Waals surface area contributed by atoms with E-state index < -0.39 is 6.04 Å². The summed E-state index contributed by atoms with van der Waals surface area (Å²) in [7, 11) is 1.60. The monoisotopic (exact) mass is 354 g/mol. The van der Waals surface area contributed by atoms with Crippen molar-refractivity contribution < 1.29 is 14.3 Å². The lowest BCUT2D eigenvalue weighted by atomic mass is 10.1. The van der Waals surface area contributed by atoms with E-state index in [2.05, 4.69) is 21.2 Å². The number of amides is 2. The highest BCUT2D eigenvalue weighted by Crippen LogP contribution is 2.26. The fourth-order valence-electron chi connectivity index (χ4n) is 2.42. The molecule has 1 aliphatic heterocycles. The third-order valence-electron chi connectivity index (χ3n) is 3.45. The summed E-state index contributed by atoms with van der Waals surface area (Å²) in [5, 5.41) is 2.75. The lowest BCUT2D eigenvalue weighted by Gasteiger charge is -2.32. The lowest BCUT2D eigenvalue weighted by molar-refractivity contribution is -0.145. The summed E-state index contributed by atoms with van der Waals surface area (Å²) in [6.45, 7) is 2.54. The molecule has 114 valence electrons. The molecule has 1 heterocycles. The van der Waals surface area contributed by atoms with Gasteiger partial charge in [-0.1, -0.05) is 19.4 Å². The van der Waals surface area contributed by atoms with Crippen molar-refractivity contribution in [1.29, 1.82) is 0 Å². The van der Waals surface area contributed by atoms with Crippen LogP contribution in [0, 0.1) is 0 Å². The van der Waals surface area contributed by atoms with Gasteiger partial charge in [-0.05, 0) is 40.0 Å². The van der Waals surface area contributed by atoms with Crippen LogP contribution in [0.5, 0.6) is 5.75 Å². The second-order valence-corrected chi connectivity index (χ2v) is 5.93. The Kier molecular flexibility index (Phi) is 5.22. The third-order valence-corrected chi connectivity index (χ3v) is 4.07. The van der Waals surface area contributed by atoms with E-state index in [1.165, 1.54) is 0 Å². The third kappa shape index (κ3) is 3.75. The van der Waals surface area contributed by atoms with Gasteiger partial charge in [0, 0.05) is 6.54 Å². The quantitative estimate of drug-likeness (QED) is 0.880. The first kappa shape index (κ1) is 15.8.